The predicted octanol–water partition coefficient (Wildman–Crippen LogP) is 1.22. The summed E-state index contributed by atoms with van der Waals surface area (Å²) in [5.74, 6) is -0.272. The number of imidazole rings is 1. The molecule has 1 aromatic heterocycles. The molecule has 1 aliphatic heterocycles. The Labute approximate surface area is 129 Å². The molecule has 96 valence electrons. The quantitative estimate of drug-likeness (QED) is 0.316. The average Bonchev–Trinajstić information content (AvgIpc) is 2.94. The van der Waals surface area contributed by atoms with Gasteiger partial charge in [-0.15, -0.1) is 0 Å². The van der Waals surface area contributed by atoms with Crippen LogP contribution in [-0.4, -0.2) is 44.3 Å². The zero-order chi connectivity index (χ0) is 14.3. The van der Waals surface area contributed by atoms with Gasteiger partial charge in [0, 0.05) is 0 Å². The van der Waals surface area contributed by atoms with Gasteiger partial charge in [-0.1, -0.05) is 0 Å². The molecule has 2 aromatic rings. The number of hydrogen-bond donors (Lipinski definition) is 1. The Balaban J connectivity index is 2.10. The van der Waals surface area contributed by atoms with Crippen molar-refractivity contribution in [1.82, 2.24) is 7.36 Å². The van der Waals surface area contributed by atoms with E-state index in [2.05, 4.69) is 10.3 Å². The van der Waals surface area contributed by atoms with Crippen LogP contribution >= 0.6 is 0 Å². The summed E-state index contributed by atoms with van der Waals surface area (Å²) in [5, 5.41) is 13.5. The molecule has 0 bridgehead atoms. The standard InChI is InChI=1S/C12H8N4O3.Tl/c17-12-10(3-7-5-13-6-14-7)9-4-8(16(18)19)1-2-11(9)15-12;/h1-6H,(H2,13,14,15,17);/q;+1/p-1. The second-order valence-electron chi connectivity index (χ2n) is 4.24. The van der Waals surface area contributed by atoms with Crippen LogP contribution in [0.15, 0.2) is 30.7 Å². The Hall–Kier alpha value is -2.04. The number of rotatable bonds is 2. The van der Waals surface area contributed by atoms with Crippen LogP contribution in [0.3, 0.4) is 0 Å². The Bertz CT molecular complexity index is 766. The molecule has 3 rings (SSSR count). The summed E-state index contributed by atoms with van der Waals surface area (Å²) in [4.78, 5) is 26.5. The third kappa shape index (κ3) is 2.24. The number of carbonyl (C=O) groups excluding carboxylic acids is 1. The molecule has 0 saturated carbocycles. The second kappa shape index (κ2) is 4.81. The van der Waals surface area contributed by atoms with Gasteiger partial charge >= 0.3 is 129 Å². The number of nitrogens with one attached hydrogen (secondary N) is 1. The van der Waals surface area contributed by atoms with Crippen LogP contribution in [0.5, 0.6) is 0 Å². The fourth-order valence-corrected chi connectivity index (χ4v) is 2.86. The number of amides is 1. The van der Waals surface area contributed by atoms with E-state index in [1.807, 2.05) is 8.57 Å². The molecule has 7 nitrogen and oxygen atoms in total. The summed E-state index contributed by atoms with van der Waals surface area (Å²) in [6.07, 6.45) is 5.17. The zero-order valence-corrected chi connectivity index (χ0v) is 14.6. The summed E-state index contributed by atoms with van der Waals surface area (Å²) in [6.45, 7) is 0. The normalized spacial score (nSPS) is 15.2. The van der Waals surface area contributed by atoms with Crippen LogP contribution in [0.4, 0.5) is 11.4 Å². The monoisotopic (exact) mass is 460 g/mol. The molecule has 1 amide bonds. The van der Waals surface area contributed by atoms with Crippen LogP contribution < -0.4 is 5.32 Å². The minimum absolute atomic E-state index is 0.0407. The first-order chi connectivity index (χ1) is 9.54. The van der Waals surface area contributed by atoms with Crippen molar-refractivity contribution in [3.8, 4) is 0 Å². The van der Waals surface area contributed by atoms with E-state index in [4.69, 9.17) is 0 Å². The van der Waals surface area contributed by atoms with E-state index in [-0.39, 0.29) is 11.6 Å². The molecule has 1 aromatic carbocycles. The minimum atomic E-state index is -0.478. The van der Waals surface area contributed by atoms with E-state index in [1.54, 1.807) is 18.5 Å². The van der Waals surface area contributed by atoms with Crippen molar-refractivity contribution in [1.29, 1.82) is 0 Å². The van der Waals surface area contributed by atoms with Crippen molar-refractivity contribution in [3.63, 3.8) is 0 Å². The zero-order valence-electron chi connectivity index (χ0n) is 10.1. The number of benzene rings is 1. The maximum absolute atomic E-state index is 12.0. The van der Waals surface area contributed by atoms with Crippen molar-refractivity contribution in [2.45, 2.75) is 0 Å². The molecule has 8 heteroatoms. The van der Waals surface area contributed by atoms with Crippen molar-refractivity contribution in [2.24, 2.45) is 0 Å². The molecule has 0 radical (unpaired) electrons. The number of non-ortho nitro benzene ring substituents is 1. The number of anilines is 1. The van der Waals surface area contributed by atoms with Crippen LogP contribution in [-0.2, 0) is 4.79 Å². The van der Waals surface area contributed by atoms with Gasteiger partial charge in [-0.25, -0.2) is 0 Å². The summed E-state index contributed by atoms with van der Waals surface area (Å²) in [5.41, 5.74) is 2.14. The number of hydrogen-bond acceptors (Lipinski definition) is 4. The first-order valence-corrected chi connectivity index (χ1v) is 7.66. The average molecular weight is 460 g/mol. The number of aromatic nitrogens is 2. The Morgan fingerprint density at radius 2 is 2.25 bits per heavy atom. The van der Waals surface area contributed by atoms with Crippen molar-refractivity contribution in [3.05, 3.63) is 52.1 Å². The third-order valence-electron chi connectivity index (χ3n) is 2.91. The molecular weight excluding hydrogens is 453 g/mol. The number of nitro benzene ring substituents is 1. The molecule has 0 aliphatic carbocycles. The summed E-state index contributed by atoms with van der Waals surface area (Å²) < 4.78 is 1.92. The number of nitro groups is 1. The summed E-state index contributed by atoms with van der Waals surface area (Å²) in [6, 6.07) is 4.31. The van der Waals surface area contributed by atoms with Crippen LogP contribution in [0.2, 0.25) is 0 Å². The maximum atomic E-state index is 12.0. The molecule has 1 N–H and O–H groups in total. The molecule has 0 saturated heterocycles. The first-order valence-electron chi connectivity index (χ1n) is 5.65. The molecule has 20 heavy (non-hydrogen) atoms. The van der Waals surface area contributed by atoms with Gasteiger partial charge in [-0.05, 0) is 0 Å². The molecule has 0 fully saturated rings. The van der Waals surface area contributed by atoms with Gasteiger partial charge in [0.2, 0.25) is 0 Å². The Kier molecular flexibility index (Phi) is 3.12. The SMILES string of the molecule is O=C1Nc2ccc([N+](=O)[O-])cc2/C1=C/c1c[n]([Tl])cn1. The second-order valence-corrected chi connectivity index (χ2v) is 6.56. The van der Waals surface area contributed by atoms with Crippen molar-refractivity contribution < 1.29 is 9.72 Å². The van der Waals surface area contributed by atoms with E-state index in [9.17, 15) is 14.9 Å². The van der Waals surface area contributed by atoms with Gasteiger partial charge in [0.25, 0.3) is 0 Å². The van der Waals surface area contributed by atoms with Gasteiger partial charge in [0.1, 0.15) is 0 Å². The fraction of sp³-hybridized carbons (Fsp3) is 0. The number of carbonyl (C=O) groups is 1. The van der Waals surface area contributed by atoms with E-state index >= 15 is 0 Å². The Morgan fingerprint density at radius 3 is 2.90 bits per heavy atom. The first kappa shape index (κ1) is 13.0. The summed E-state index contributed by atoms with van der Waals surface area (Å²) in [7, 11) is 0. The third-order valence-corrected chi connectivity index (χ3v) is 4.01. The van der Waals surface area contributed by atoms with E-state index in [1.165, 1.54) is 12.1 Å². The molecule has 1 aliphatic rings. The van der Waals surface area contributed by atoms with Crippen molar-refractivity contribution in [2.75, 3.05) is 5.32 Å². The van der Waals surface area contributed by atoms with Crippen LogP contribution in [0, 0.1) is 10.1 Å². The fourth-order valence-electron chi connectivity index (χ4n) is 2.01. The predicted molar refractivity (Wildman–Crippen MR) is 73.0 cm³/mol. The van der Waals surface area contributed by atoms with Crippen LogP contribution in [0.25, 0.3) is 11.6 Å². The number of nitrogens with zero attached hydrogens (tertiary/aromatic N) is 3. The van der Waals surface area contributed by atoms with E-state index in [0.29, 0.717) is 48.6 Å². The van der Waals surface area contributed by atoms with Crippen LogP contribution in [0.1, 0.15) is 11.3 Å². The topological polar surface area (TPSA) is 90.1 Å². The van der Waals surface area contributed by atoms with E-state index < -0.39 is 4.92 Å². The van der Waals surface area contributed by atoms with Crippen molar-refractivity contribution >= 4 is 55.0 Å². The summed E-state index contributed by atoms with van der Waals surface area (Å²) >= 11 is 0.602. The Morgan fingerprint density at radius 1 is 1.45 bits per heavy atom. The van der Waals surface area contributed by atoms with E-state index in [0.717, 1.165) is 0 Å². The van der Waals surface area contributed by atoms with Gasteiger partial charge in [0.15, 0.2) is 0 Å². The van der Waals surface area contributed by atoms with Gasteiger partial charge in [-0.2, -0.15) is 0 Å². The number of fused-ring (bicyclic) bond motifs is 1. The van der Waals surface area contributed by atoms with Gasteiger partial charge in [0.05, 0.1) is 0 Å². The molecule has 0 spiro atoms. The van der Waals surface area contributed by atoms with Gasteiger partial charge < -0.3 is 0 Å². The van der Waals surface area contributed by atoms with Gasteiger partial charge in [-0.3, -0.25) is 0 Å². The molecule has 0 atom stereocenters. The molecular formula is C12H7N4O3Tl. The molecule has 0 unspecified atom stereocenters. The molecule has 2 heterocycles.